The Morgan fingerprint density at radius 1 is 1.33 bits per heavy atom. The van der Waals surface area contributed by atoms with E-state index in [9.17, 15) is 0 Å². The summed E-state index contributed by atoms with van der Waals surface area (Å²) in [6.45, 7) is 1.99. The molecule has 0 spiro atoms. The second-order valence-corrected chi connectivity index (χ2v) is 5.97. The number of hydrogen-bond donors (Lipinski definition) is 1. The molecule has 0 saturated carbocycles. The Morgan fingerprint density at radius 2 is 2.14 bits per heavy atom. The van der Waals surface area contributed by atoms with Gasteiger partial charge in [0.15, 0.2) is 0 Å². The van der Waals surface area contributed by atoms with Crippen LogP contribution in [0.2, 0.25) is 0 Å². The summed E-state index contributed by atoms with van der Waals surface area (Å²) in [5.74, 6) is 0. The van der Waals surface area contributed by atoms with Gasteiger partial charge in [0.05, 0.1) is 5.52 Å². The van der Waals surface area contributed by atoms with E-state index in [1.54, 1.807) is 4.68 Å². The van der Waals surface area contributed by atoms with Gasteiger partial charge in [0.25, 0.3) is 0 Å². The minimum atomic E-state index is 0.0740. The van der Waals surface area contributed by atoms with Gasteiger partial charge >= 0.3 is 0 Å². The average molecular weight is 300 g/mol. The van der Waals surface area contributed by atoms with Gasteiger partial charge < -0.3 is 5.73 Å². The Labute approximate surface area is 126 Å². The van der Waals surface area contributed by atoms with Gasteiger partial charge in [-0.05, 0) is 53.2 Å². The van der Waals surface area contributed by atoms with E-state index in [0.29, 0.717) is 5.16 Å². The molecule has 0 saturated heterocycles. The normalized spacial score (nSPS) is 12.7. The lowest BCUT2D eigenvalue weighted by Gasteiger charge is -2.11. The van der Waals surface area contributed by atoms with Crippen molar-refractivity contribution in [3.63, 3.8) is 0 Å². The molecule has 2 aromatic heterocycles. The smallest absolute Gasteiger partial charge is 0.215 e. The summed E-state index contributed by atoms with van der Waals surface area (Å²) in [6.07, 6.45) is 0.769. The van der Waals surface area contributed by atoms with Gasteiger partial charge in [-0.15, -0.1) is 5.10 Å². The van der Waals surface area contributed by atoms with Crippen LogP contribution < -0.4 is 5.73 Å². The summed E-state index contributed by atoms with van der Waals surface area (Å²) in [5, 5.41) is 14.3. The van der Waals surface area contributed by atoms with Crippen molar-refractivity contribution in [2.24, 2.45) is 12.8 Å². The Morgan fingerprint density at radius 3 is 2.86 bits per heavy atom. The molecule has 3 aromatic rings. The van der Waals surface area contributed by atoms with Gasteiger partial charge in [-0.2, -0.15) is 0 Å². The third-order valence-electron chi connectivity index (χ3n) is 3.07. The molecule has 108 valence electrons. The molecule has 2 heterocycles. The lowest BCUT2D eigenvalue weighted by molar-refractivity contribution is 0.663. The number of benzene rings is 1. The molecule has 6 nitrogen and oxygen atoms in total. The summed E-state index contributed by atoms with van der Waals surface area (Å²) in [6, 6.07) is 10.3. The van der Waals surface area contributed by atoms with Gasteiger partial charge in [0, 0.05) is 18.5 Å². The van der Waals surface area contributed by atoms with Crippen LogP contribution in [-0.4, -0.2) is 31.2 Å². The first-order valence-electron chi connectivity index (χ1n) is 6.68. The Bertz CT molecular complexity index is 767. The third kappa shape index (κ3) is 3.03. The Kier molecular flexibility index (Phi) is 3.85. The van der Waals surface area contributed by atoms with E-state index in [1.165, 1.54) is 11.8 Å². The molecular weight excluding hydrogens is 284 g/mol. The maximum atomic E-state index is 5.96. The molecule has 0 radical (unpaired) electrons. The van der Waals surface area contributed by atoms with Crippen LogP contribution in [0.15, 0.2) is 40.5 Å². The highest BCUT2D eigenvalue weighted by Gasteiger charge is 2.13. The maximum Gasteiger partial charge on any atom is 0.215 e. The van der Waals surface area contributed by atoms with Crippen LogP contribution in [0, 0.1) is 0 Å². The fraction of sp³-hybridized carbons (Fsp3) is 0.286. The molecule has 1 atom stereocenters. The number of aryl methyl sites for hydroxylation is 1. The van der Waals surface area contributed by atoms with Gasteiger partial charge in [-0.25, -0.2) is 9.67 Å². The number of pyridine rings is 1. The molecule has 3 rings (SSSR count). The number of hydrogen-bond acceptors (Lipinski definition) is 6. The first kappa shape index (κ1) is 14.0. The van der Waals surface area contributed by atoms with Crippen molar-refractivity contribution in [2.45, 2.75) is 29.6 Å². The van der Waals surface area contributed by atoms with Gasteiger partial charge in [0.2, 0.25) is 5.16 Å². The van der Waals surface area contributed by atoms with Crippen molar-refractivity contribution in [1.29, 1.82) is 0 Å². The van der Waals surface area contributed by atoms with Crippen LogP contribution in [0.3, 0.4) is 0 Å². The molecule has 2 N–H and O–H groups in total. The van der Waals surface area contributed by atoms with E-state index in [0.717, 1.165) is 27.9 Å². The highest BCUT2D eigenvalue weighted by molar-refractivity contribution is 7.99. The number of aromatic nitrogens is 5. The Hall–Kier alpha value is -1.99. The number of nitrogens with two attached hydrogens (primary N) is 1. The number of rotatable bonds is 4. The zero-order valence-corrected chi connectivity index (χ0v) is 12.7. The van der Waals surface area contributed by atoms with Crippen LogP contribution in [0.5, 0.6) is 0 Å². The van der Waals surface area contributed by atoms with E-state index in [4.69, 9.17) is 10.7 Å². The van der Waals surface area contributed by atoms with Crippen LogP contribution in [0.4, 0.5) is 0 Å². The molecule has 7 heteroatoms. The van der Waals surface area contributed by atoms with Crippen molar-refractivity contribution < 1.29 is 0 Å². The van der Waals surface area contributed by atoms with E-state index in [-0.39, 0.29) is 6.04 Å². The standard InChI is InChI=1S/C14H16N6S/c1-9(15)7-11-8-10-5-3-4-6-12(10)16-13(11)21-14-17-18-19-20(14)2/h3-6,8-9H,7,15H2,1-2H3. The Balaban J connectivity index is 2.07. The predicted molar refractivity (Wildman–Crippen MR) is 82.0 cm³/mol. The number of nitrogens with zero attached hydrogens (tertiary/aromatic N) is 5. The summed E-state index contributed by atoms with van der Waals surface area (Å²) < 4.78 is 1.64. The zero-order chi connectivity index (χ0) is 14.8. The molecular formula is C14H16N6S. The fourth-order valence-electron chi connectivity index (χ4n) is 2.12. The lowest BCUT2D eigenvalue weighted by atomic mass is 10.1. The van der Waals surface area contributed by atoms with E-state index < -0.39 is 0 Å². The monoisotopic (exact) mass is 300 g/mol. The molecule has 0 aliphatic carbocycles. The largest absolute Gasteiger partial charge is 0.328 e. The van der Waals surface area contributed by atoms with Crippen LogP contribution in [0.1, 0.15) is 12.5 Å². The minimum absolute atomic E-state index is 0.0740. The highest BCUT2D eigenvalue weighted by Crippen LogP contribution is 2.29. The fourth-order valence-corrected chi connectivity index (χ4v) is 2.95. The average Bonchev–Trinajstić information content (AvgIpc) is 2.84. The lowest BCUT2D eigenvalue weighted by Crippen LogP contribution is -2.18. The SMILES string of the molecule is CC(N)Cc1cc2ccccc2nc1Sc1nnnn1C. The molecule has 0 aliphatic rings. The molecule has 1 unspecified atom stereocenters. The topological polar surface area (TPSA) is 82.5 Å². The van der Waals surface area contributed by atoms with E-state index >= 15 is 0 Å². The summed E-state index contributed by atoms with van der Waals surface area (Å²) in [5.41, 5.74) is 8.04. The second-order valence-electron chi connectivity index (χ2n) is 5.01. The van der Waals surface area contributed by atoms with Gasteiger partial charge in [0.1, 0.15) is 5.03 Å². The third-order valence-corrected chi connectivity index (χ3v) is 4.15. The quantitative estimate of drug-likeness (QED) is 0.791. The first-order valence-corrected chi connectivity index (χ1v) is 7.49. The second kappa shape index (κ2) is 5.79. The number of para-hydroxylation sites is 1. The summed E-state index contributed by atoms with van der Waals surface area (Å²) in [7, 11) is 1.81. The molecule has 1 aromatic carbocycles. The van der Waals surface area contributed by atoms with Crippen LogP contribution in [0.25, 0.3) is 10.9 Å². The van der Waals surface area contributed by atoms with E-state index in [2.05, 4.69) is 27.7 Å². The van der Waals surface area contributed by atoms with Gasteiger partial charge in [-0.3, -0.25) is 0 Å². The molecule has 0 fully saturated rings. The van der Waals surface area contributed by atoms with Crippen LogP contribution in [-0.2, 0) is 13.5 Å². The van der Waals surface area contributed by atoms with Gasteiger partial charge in [-0.1, -0.05) is 18.2 Å². The summed E-state index contributed by atoms with van der Waals surface area (Å²) in [4.78, 5) is 4.74. The molecule has 0 bridgehead atoms. The van der Waals surface area contributed by atoms with Crippen molar-refractivity contribution in [1.82, 2.24) is 25.2 Å². The minimum Gasteiger partial charge on any atom is -0.328 e. The van der Waals surface area contributed by atoms with Crippen LogP contribution >= 0.6 is 11.8 Å². The van der Waals surface area contributed by atoms with Crippen molar-refractivity contribution in [3.05, 3.63) is 35.9 Å². The molecule has 0 amide bonds. The zero-order valence-electron chi connectivity index (χ0n) is 11.9. The van der Waals surface area contributed by atoms with E-state index in [1.807, 2.05) is 32.2 Å². The highest BCUT2D eigenvalue weighted by atomic mass is 32.2. The van der Waals surface area contributed by atoms with Crippen molar-refractivity contribution in [2.75, 3.05) is 0 Å². The number of tetrazole rings is 1. The van der Waals surface area contributed by atoms with Crippen molar-refractivity contribution >= 4 is 22.7 Å². The number of fused-ring (bicyclic) bond motifs is 1. The molecule has 21 heavy (non-hydrogen) atoms. The predicted octanol–water partition coefficient (Wildman–Crippen LogP) is 1.80. The molecule has 0 aliphatic heterocycles. The first-order chi connectivity index (χ1) is 10.1. The maximum absolute atomic E-state index is 5.96. The summed E-state index contributed by atoms with van der Waals surface area (Å²) >= 11 is 1.46. The van der Waals surface area contributed by atoms with Crippen molar-refractivity contribution in [3.8, 4) is 0 Å².